The molecule has 1 aliphatic rings. The van der Waals surface area contributed by atoms with Gasteiger partial charge in [-0.1, -0.05) is 0 Å². The molecule has 4 nitrogen and oxygen atoms in total. The monoisotopic (exact) mass is 338 g/mol. The van der Waals surface area contributed by atoms with Gasteiger partial charge < -0.3 is 18.5 Å². The molecule has 0 spiro atoms. The topological polar surface area (TPSA) is 36.9 Å². The molecule has 0 amide bonds. The number of hydrogen-bond acceptors (Lipinski definition) is 6. The summed E-state index contributed by atoms with van der Waals surface area (Å²) in [5, 5.41) is 0. The van der Waals surface area contributed by atoms with Gasteiger partial charge in [0.2, 0.25) is 0 Å². The van der Waals surface area contributed by atoms with Gasteiger partial charge in [-0.3, -0.25) is 0 Å². The van der Waals surface area contributed by atoms with Crippen molar-refractivity contribution in [1.29, 1.82) is 0 Å². The molecule has 1 aromatic rings. The second kappa shape index (κ2) is 8.44. The van der Waals surface area contributed by atoms with E-state index in [4.69, 9.17) is 30.3 Å². The molecule has 1 saturated heterocycles. The lowest BCUT2D eigenvalue weighted by Gasteiger charge is -2.21. The fourth-order valence-corrected chi connectivity index (χ4v) is 5.87. The summed E-state index contributed by atoms with van der Waals surface area (Å²) in [6.07, 6.45) is 0. The third kappa shape index (κ3) is 5.77. The highest BCUT2D eigenvalue weighted by Gasteiger charge is 2.21. The van der Waals surface area contributed by atoms with Gasteiger partial charge in [-0.25, -0.2) is 4.39 Å². The van der Waals surface area contributed by atoms with Crippen molar-refractivity contribution in [3.05, 3.63) is 30.1 Å². The summed E-state index contributed by atoms with van der Waals surface area (Å²) in [6.45, 7) is 2.75. The normalized spacial score (nSPS) is 21.1. The largest absolute Gasteiger partial charge is 0.377 e. The Bertz CT molecular complexity index is 441. The van der Waals surface area contributed by atoms with E-state index in [1.165, 1.54) is 23.5 Å². The smallest absolute Gasteiger partial charge is 0.252 e. The molecule has 0 atom stereocenters. The summed E-state index contributed by atoms with van der Waals surface area (Å²) in [5.74, 6) is -0.280. The molecule has 1 heterocycles. The molecule has 0 aliphatic carbocycles. The summed E-state index contributed by atoms with van der Waals surface area (Å²) in [4.78, 5) is 0.825. The minimum atomic E-state index is -2.52. The van der Waals surface area contributed by atoms with Crippen LogP contribution in [-0.4, -0.2) is 39.6 Å². The number of hydrogen-bond donors (Lipinski definition) is 0. The summed E-state index contributed by atoms with van der Waals surface area (Å²) < 4.78 is 34.9. The summed E-state index contributed by atoms with van der Waals surface area (Å²) in [7, 11) is 0. The van der Waals surface area contributed by atoms with Gasteiger partial charge in [-0.15, -0.1) is 0 Å². The third-order valence-corrected chi connectivity index (χ3v) is 7.30. The maximum Gasteiger partial charge on any atom is 0.252 e. The Kier molecular flexibility index (Phi) is 6.90. The van der Waals surface area contributed by atoms with E-state index < -0.39 is 5.69 Å². The highest BCUT2D eigenvalue weighted by molar-refractivity contribution is 8.67. The first-order valence-electron chi connectivity index (χ1n) is 6.18. The molecule has 20 heavy (non-hydrogen) atoms. The predicted octanol–water partition coefficient (Wildman–Crippen LogP) is 3.22. The van der Waals surface area contributed by atoms with Crippen molar-refractivity contribution in [3.63, 3.8) is 0 Å². The fraction of sp³-hybridized carbons (Fsp3) is 0.500. The van der Waals surface area contributed by atoms with E-state index in [0.717, 1.165) is 4.90 Å². The van der Waals surface area contributed by atoms with Gasteiger partial charge in [0.15, 0.2) is 0 Å². The van der Waals surface area contributed by atoms with Crippen molar-refractivity contribution in [3.8, 4) is 0 Å². The lowest BCUT2D eigenvalue weighted by Crippen LogP contribution is -2.08. The van der Waals surface area contributed by atoms with Crippen LogP contribution in [0.4, 0.5) is 4.39 Å². The molecule has 8 heteroatoms. The zero-order valence-electron chi connectivity index (χ0n) is 10.8. The van der Waals surface area contributed by atoms with Crippen LogP contribution in [-0.2, 0) is 30.3 Å². The maximum absolute atomic E-state index is 12.9. The predicted molar refractivity (Wildman–Crippen MR) is 80.1 cm³/mol. The Morgan fingerprint density at radius 3 is 1.95 bits per heavy atom. The third-order valence-electron chi connectivity index (χ3n) is 2.36. The standard InChI is InChI=1S/C12H16FO4PS2/c13-11-1-3-12(4-2-11)20-18(19)16-9-7-14-5-6-15-8-10-17-18/h1-4H,5-10H2. The molecule has 0 unspecified atom stereocenters. The molecule has 112 valence electrons. The molecular formula is C12H16FO4PS2. The lowest BCUT2D eigenvalue weighted by molar-refractivity contribution is 0.0375. The van der Waals surface area contributed by atoms with Crippen LogP contribution in [0.25, 0.3) is 0 Å². The first-order chi connectivity index (χ1) is 9.68. The van der Waals surface area contributed by atoms with E-state index in [1.54, 1.807) is 12.1 Å². The Morgan fingerprint density at radius 1 is 0.900 bits per heavy atom. The number of halogens is 1. The van der Waals surface area contributed by atoms with Gasteiger partial charge in [0, 0.05) is 4.90 Å². The maximum atomic E-state index is 12.9. The second-order valence-corrected chi connectivity index (χ2v) is 10.1. The molecule has 1 aromatic carbocycles. The van der Waals surface area contributed by atoms with Crippen LogP contribution < -0.4 is 0 Å². The number of benzene rings is 1. The lowest BCUT2D eigenvalue weighted by atomic mass is 10.4. The van der Waals surface area contributed by atoms with E-state index >= 15 is 0 Å². The van der Waals surface area contributed by atoms with E-state index in [2.05, 4.69) is 0 Å². The van der Waals surface area contributed by atoms with Gasteiger partial charge in [0.05, 0.1) is 39.6 Å². The van der Waals surface area contributed by atoms with Gasteiger partial charge >= 0.3 is 0 Å². The molecule has 0 aromatic heterocycles. The molecule has 0 saturated carbocycles. The Hall–Kier alpha value is -0.0100. The van der Waals surface area contributed by atoms with Crippen LogP contribution >= 0.6 is 17.1 Å². The average molecular weight is 338 g/mol. The molecule has 1 fully saturated rings. The molecule has 1 aliphatic heterocycles. The fourth-order valence-electron chi connectivity index (χ4n) is 1.45. The molecule has 0 bridgehead atoms. The van der Waals surface area contributed by atoms with Gasteiger partial charge in [0.25, 0.3) is 5.69 Å². The van der Waals surface area contributed by atoms with Crippen molar-refractivity contribution in [2.45, 2.75) is 4.90 Å². The summed E-state index contributed by atoms with van der Waals surface area (Å²) in [5.41, 5.74) is -2.52. The van der Waals surface area contributed by atoms with Gasteiger partial charge in [-0.2, -0.15) is 0 Å². The van der Waals surface area contributed by atoms with Crippen LogP contribution in [0.3, 0.4) is 0 Å². The van der Waals surface area contributed by atoms with Crippen LogP contribution in [0.5, 0.6) is 0 Å². The van der Waals surface area contributed by atoms with Crippen molar-refractivity contribution in [2.24, 2.45) is 0 Å². The molecule has 0 radical (unpaired) electrons. The summed E-state index contributed by atoms with van der Waals surface area (Å²) in [6, 6.07) is 6.11. The summed E-state index contributed by atoms with van der Waals surface area (Å²) >= 11 is 6.81. The Balaban J connectivity index is 1.99. The number of ether oxygens (including phenoxy) is 2. The highest BCUT2D eigenvalue weighted by atomic mass is 32.9. The van der Waals surface area contributed by atoms with Crippen molar-refractivity contribution >= 4 is 28.9 Å². The average Bonchev–Trinajstić information content (AvgIpc) is 2.47. The minimum absolute atomic E-state index is 0.280. The van der Waals surface area contributed by atoms with E-state index in [-0.39, 0.29) is 5.82 Å². The first-order valence-corrected chi connectivity index (χ1v) is 10.2. The van der Waals surface area contributed by atoms with Crippen LogP contribution in [0.2, 0.25) is 0 Å². The SMILES string of the molecule is Fc1ccc(SP2(=S)OCCOCCOCCO2)cc1. The first kappa shape index (κ1) is 16.4. The molecular weight excluding hydrogens is 322 g/mol. The quantitative estimate of drug-likeness (QED) is 0.771. The van der Waals surface area contributed by atoms with Crippen LogP contribution in [0, 0.1) is 5.82 Å². The van der Waals surface area contributed by atoms with Crippen molar-refractivity contribution < 1.29 is 22.9 Å². The molecule has 0 N–H and O–H groups in total. The van der Waals surface area contributed by atoms with E-state index in [1.807, 2.05) is 0 Å². The zero-order chi connectivity index (χ0) is 14.3. The number of rotatable bonds is 2. The van der Waals surface area contributed by atoms with Crippen LogP contribution in [0.15, 0.2) is 29.2 Å². The zero-order valence-corrected chi connectivity index (χ0v) is 13.4. The highest BCUT2D eigenvalue weighted by Crippen LogP contribution is 2.63. The van der Waals surface area contributed by atoms with Gasteiger partial charge in [0.1, 0.15) is 5.82 Å². The second-order valence-electron chi connectivity index (χ2n) is 3.88. The molecule has 2 rings (SSSR count). The van der Waals surface area contributed by atoms with Crippen molar-refractivity contribution in [1.82, 2.24) is 0 Å². The Morgan fingerprint density at radius 2 is 1.40 bits per heavy atom. The van der Waals surface area contributed by atoms with Crippen molar-refractivity contribution in [2.75, 3.05) is 39.6 Å². The Labute approximate surface area is 126 Å². The van der Waals surface area contributed by atoms with E-state index in [9.17, 15) is 4.39 Å². The minimum Gasteiger partial charge on any atom is -0.377 e. The van der Waals surface area contributed by atoms with Crippen LogP contribution in [0.1, 0.15) is 0 Å². The van der Waals surface area contributed by atoms with Gasteiger partial charge in [-0.05, 0) is 47.5 Å². The van der Waals surface area contributed by atoms with E-state index in [0.29, 0.717) is 39.6 Å².